The van der Waals surface area contributed by atoms with E-state index in [1.165, 1.54) is 12.3 Å². The number of nitrogens with one attached hydrogen (secondary N) is 3. The van der Waals surface area contributed by atoms with E-state index < -0.39 is 4.92 Å². The van der Waals surface area contributed by atoms with Crippen LogP contribution >= 0.6 is 11.6 Å². The highest BCUT2D eigenvalue weighted by atomic mass is 35.5. The first-order valence-electron chi connectivity index (χ1n) is 9.30. The molecule has 0 radical (unpaired) electrons. The number of aromatic nitrogens is 5. The van der Waals surface area contributed by atoms with E-state index >= 15 is 0 Å². The third-order valence-corrected chi connectivity index (χ3v) is 4.71. The number of nitrogens with zero attached hydrogens (tertiary/aromatic N) is 5. The van der Waals surface area contributed by atoms with Gasteiger partial charge in [0.25, 0.3) is 5.69 Å². The minimum absolute atomic E-state index is 0.0541. The van der Waals surface area contributed by atoms with Crippen LogP contribution < -0.4 is 10.6 Å². The van der Waals surface area contributed by atoms with E-state index in [4.69, 9.17) is 11.6 Å². The molecule has 0 aliphatic carbocycles. The fraction of sp³-hybridized carbons (Fsp3) is 0.100. The smallest absolute Gasteiger partial charge is 0.287 e. The number of anilines is 2. The summed E-state index contributed by atoms with van der Waals surface area (Å²) in [7, 11) is 0. The monoisotopic (exact) mass is 436 g/mol. The number of aromatic amines is 1. The van der Waals surface area contributed by atoms with E-state index in [-0.39, 0.29) is 5.69 Å². The molecule has 0 fully saturated rings. The lowest BCUT2D eigenvalue weighted by Crippen LogP contribution is -2.16. The number of rotatable bonds is 8. The Bertz CT molecular complexity index is 1180. The maximum atomic E-state index is 10.7. The van der Waals surface area contributed by atoms with Gasteiger partial charge in [0.1, 0.15) is 12.0 Å². The summed E-state index contributed by atoms with van der Waals surface area (Å²) in [5.41, 5.74) is 2.98. The van der Waals surface area contributed by atoms with Crippen LogP contribution in [0.25, 0.3) is 22.5 Å². The number of nitro groups is 1. The Hall–Kier alpha value is -4.05. The number of hydrogen-bond acceptors (Lipinski definition) is 8. The standard InChI is InChI=1S/C20H17ClN8O2/c21-16-4-2-1-3-14(16)19-15(17-11-22-12-27-17)10-26-20(28-19)24-8-7-23-18-6-5-13(9-25-18)29(30)31/h1-6,9-12H,7-8H2,(H,22,27)(H,23,25)(H,24,26,28). The summed E-state index contributed by atoms with van der Waals surface area (Å²) in [5, 5.41) is 17.5. The SMILES string of the molecule is O=[N+]([O-])c1ccc(NCCNc2ncc(-c3cnc[nH]3)c(-c3ccccc3Cl)n2)nc1. The van der Waals surface area contributed by atoms with Crippen molar-refractivity contribution in [3.05, 3.63) is 76.5 Å². The summed E-state index contributed by atoms with van der Waals surface area (Å²) in [5.74, 6) is 0.983. The lowest BCUT2D eigenvalue weighted by molar-refractivity contribution is -0.385. The van der Waals surface area contributed by atoms with E-state index in [0.717, 1.165) is 16.8 Å². The van der Waals surface area contributed by atoms with Crippen molar-refractivity contribution in [2.24, 2.45) is 0 Å². The number of benzene rings is 1. The van der Waals surface area contributed by atoms with Crippen LogP contribution in [-0.2, 0) is 0 Å². The molecule has 0 saturated heterocycles. The van der Waals surface area contributed by atoms with Crippen molar-refractivity contribution in [1.29, 1.82) is 0 Å². The average Bonchev–Trinajstić information content (AvgIpc) is 3.32. The maximum absolute atomic E-state index is 10.7. The van der Waals surface area contributed by atoms with Gasteiger partial charge in [-0.3, -0.25) is 10.1 Å². The number of hydrogen-bond donors (Lipinski definition) is 3. The molecular weight excluding hydrogens is 420 g/mol. The van der Waals surface area contributed by atoms with Crippen molar-refractivity contribution in [2.45, 2.75) is 0 Å². The second-order valence-electron chi connectivity index (χ2n) is 6.41. The van der Waals surface area contributed by atoms with Crippen LogP contribution in [0.2, 0.25) is 5.02 Å². The number of imidazole rings is 1. The third-order valence-electron chi connectivity index (χ3n) is 4.38. The van der Waals surface area contributed by atoms with Crippen LogP contribution in [0.5, 0.6) is 0 Å². The molecule has 0 atom stereocenters. The topological polar surface area (TPSA) is 135 Å². The molecular formula is C20H17ClN8O2. The number of halogens is 1. The highest BCUT2D eigenvalue weighted by molar-refractivity contribution is 6.33. The first-order valence-corrected chi connectivity index (χ1v) is 9.68. The highest BCUT2D eigenvalue weighted by Gasteiger charge is 2.15. The molecule has 10 nitrogen and oxygen atoms in total. The first-order chi connectivity index (χ1) is 15.1. The van der Waals surface area contributed by atoms with Crippen LogP contribution in [0.1, 0.15) is 0 Å². The lowest BCUT2D eigenvalue weighted by atomic mass is 10.1. The van der Waals surface area contributed by atoms with E-state index in [1.54, 1.807) is 24.8 Å². The van der Waals surface area contributed by atoms with Gasteiger partial charge in [-0.1, -0.05) is 29.8 Å². The van der Waals surface area contributed by atoms with E-state index in [0.29, 0.717) is 35.6 Å². The zero-order valence-electron chi connectivity index (χ0n) is 16.1. The molecule has 0 spiro atoms. The van der Waals surface area contributed by atoms with Gasteiger partial charge in [-0.05, 0) is 12.1 Å². The summed E-state index contributed by atoms with van der Waals surface area (Å²) in [6.45, 7) is 1.02. The quantitative estimate of drug-likeness (QED) is 0.214. The zero-order valence-corrected chi connectivity index (χ0v) is 16.9. The molecule has 0 bridgehead atoms. The number of H-pyrrole nitrogens is 1. The van der Waals surface area contributed by atoms with Crippen LogP contribution in [0.3, 0.4) is 0 Å². The van der Waals surface area contributed by atoms with Crippen molar-refractivity contribution in [3.63, 3.8) is 0 Å². The molecule has 31 heavy (non-hydrogen) atoms. The van der Waals surface area contributed by atoms with Gasteiger partial charge >= 0.3 is 0 Å². The molecule has 156 valence electrons. The summed E-state index contributed by atoms with van der Waals surface area (Å²) in [6, 6.07) is 10.4. The maximum Gasteiger partial charge on any atom is 0.287 e. The molecule has 0 amide bonds. The molecule has 1 aromatic carbocycles. The van der Waals surface area contributed by atoms with Crippen molar-refractivity contribution < 1.29 is 4.92 Å². The Balaban J connectivity index is 1.47. The molecule has 3 aromatic heterocycles. The largest absolute Gasteiger partial charge is 0.368 e. The molecule has 0 unspecified atom stereocenters. The van der Waals surface area contributed by atoms with Gasteiger partial charge in [-0.15, -0.1) is 0 Å². The van der Waals surface area contributed by atoms with Crippen LogP contribution in [0, 0.1) is 10.1 Å². The zero-order chi connectivity index (χ0) is 21.6. The van der Waals surface area contributed by atoms with Gasteiger partial charge in [-0.25, -0.2) is 19.9 Å². The van der Waals surface area contributed by atoms with Gasteiger partial charge in [0.15, 0.2) is 0 Å². The predicted octanol–water partition coefficient (Wildman–Crippen LogP) is 4.01. The molecule has 4 rings (SSSR count). The van der Waals surface area contributed by atoms with Gasteiger partial charge in [0, 0.05) is 41.5 Å². The Kier molecular flexibility index (Phi) is 5.99. The molecule has 0 saturated carbocycles. The summed E-state index contributed by atoms with van der Waals surface area (Å²) < 4.78 is 0. The van der Waals surface area contributed by atoms with Gasteiger partial charge in [0.05, 0.1) is 28.8 Å². The molecule has 0 aliphatic rings. The fourth-order valence-electron chi connectivity index (χ4n) is 2.89. The third kappa shape index (κ3) is 4.75. The normalized spacial score (nSPS) is 10.6. The second-order valence-corrected chi connectivity index (χ2v) is 6.82. The second kappa shape index (κ2) is 9.18. The van der Waals surface area contributed by atoms with Crippen molar-refractivity contribution >= 4 is 29.1 Å². The summed E-state index contributed by atoms with van der Waals surface area (Å²) in [6.07, 6.45) is 6.22. The summed E-state index contributed by atoms with van der Waals surface area (Å²) >= 11 is 6.40. The Labute approximate surface area is 181 Å². The Morgan fingerprint density at radius 1 is 1.00 bits per heavy atom. The Morgan fingerprint density at radius 3 is 2.55 bits per heavy atom. The molecule has 4 aromatic rings. The molecule has 11 heteroatoms. The lowest BCUT2D eigenvalue weighted by Gasteiger charge is -2.12. The molecule has 3 N–H and O–H groups in total. The summed E-state index contributed by atoms with van der Waals surface area (Å²) in [4.78, 5) is 30.4. The van der Waals surface area contributed by atoms with Gasteiger partial charge < -0.3 is 15.6 Å². The average molecular weight is 437 g/mol. The number of pyridine rings is 1. The highest BCUT2D eigenvalue weighted by Crippen LogP contribution is 2.33. The Morgan fingerprint density at radius 2 is 1.84 bits per heavy atom. The fourth-order valence-corrected chi connectivity index (χ4v) is 3.11. The van der Waals surface area contributed by atoms with Crippen LogP contribution in [-0.4, -0.2) is 42.9 Å². The minimum atomic E-state index is -0.487. The van der Waals surface area contributed by atoms with Gasteiger partial charge in [-0.2, -0.15) is 0 Å². The first kappa shape index (κ1) is 20.2. The predicted molar refractivity (Wildman–Crippen MR) is 118 cm³/mol. The van der Waals surface area contributed by atoms with Gasteiger partial charge in [0.2, 0.25) is 5.95 Å². The van der Waals surface area contributed by atoms with Crippen molar-refractivity contribution in [1.82, 2.24) is 24.9 Å². The van der Waals surface area contributed by atoms with E-state index in [1.807, 2.05) is 24.3 Å². The van der Waals surface area contributed by atoms with Crippen LogP contribution in [0.4, 0.5) is 17.5 Å². The van der Waals surface area contributed by atoms with Crippen LogP contribution in [0.15, 0.2) is 61.3 Å². The van der Waals surface area contributed by atoms with Crippen molar-refractivity contribution in [2.75, 3.05) is 23.7 Å². The van der Waals surface area contributed by atoms with E-state index in [2.05, 4.69) is 35.6 Å². The molecule has 0 aliphatic heterocycles. The minimum Gasteiger partial charge on any atom is -0.368 e. The molecule has 3 heterocycles. The van der Waals surface area contributed by atoms with Crippen molar-refractivity contribution in [3.8, 4) is 22.5 Å². The van der Waals surface area contributed by atoms with E-state index in [9.17, 15) is 10.1 Å².